The van der Waals surface area contributed by atoms with Crippen molar-refractivity contribution in [3.63, 3.8) is 0 Å². The van der Waals surface area contributed by atoms with Gasteiger partial charge in [-0.3, -0.25) is 4.79 Å². The number of unbranched alkanes of at least 4 members (excludes halogenated alkanes) is 1. The smallest absolute Gasteiger partial charge is 0.409 e. The Bertz CT molecular complexity index is 992. The second-order valence-corrected chi connectivity index (χ2v) is 8.77. The molecule has 0 unspecified atom stereocenters. The number of aryl methyl sites for hydroxylation is 2. The Morgan fingerprint density at radius 3 is 2.76 bits per heavy atom. The van der Waals surface area contributed by atoms with Crippen LogP contribution in [0, 0.1) is 5.92 Å². The number of carbonyl (C=O) groups excluding carboxylic acids is 1. The highest BCUT2D eigenvalue weighted by atomic mass is 16.6. The van der Waals surface area contributed by atoms with Gasteiger partial charge in [0.25, 0.3) is 0 Å². The average molecular weight is 474 g/mol. The van der Waals surface area contributed by atoms with Crippen LogP contribution in [-0.2, 0) is 29.6 Å². The van der Waals surface area contributed by atoms with E-state index in [2.05, 4.69) is 17.2 Å². The first kappa shape index (κ1) is 25.5. The number of carbonyl (C=O) groups is 2. The van der Waals surface area contributed by atoms with Crippen molar-refractivity contribution in [3.05, 3.63) is 23.5 Å². The van der Waals surface area contributed by atoms with E-state index in [0.29, 0.717) is 48.6 Å². The molecule has 0 aromatic carbocycles. The van der Waals surface area contributed by atoms with Crippen LogP contribution < -0.4 is 4.74 Å². The molecule has 1 N–H and O–H groups in total. The summed E-state index contributed by atoms with van der Waals surface area (Å²) in [6.07, 6.45) is 4.91. The van der Waals surface area contributed by atoms with Crippen LogP contribution in [0.4, 0.5) is 4.79 Å². The third-order valence-corrected chi connectivity index (χ3v) is 6.21. The zero-order valence-corrected chi connectivity index (χ0v) is 20.5. The van der Waals surface area contributed by atoms with Crippen molar-refractivity contribution < 1.29 is 24.2 Å². The predicted octanol–water partition coefficient (Wildman–Crippen LogP) is 3.83. The van der Waals surface area contributed by atoms with Crippen molar-refractivity contribution in [3.8, 4) is 17.1 Å². The van der Waals surface area contributed by atoms with Gasteiger partial charge in [0.1, 0.15) is 23.7 Å². The Morgan fingerprint density at radius 1 is 1.26 bits per heavy atom. The average Bonchev–Trinajstić information content (AvgIpc) is 3.21. The normalized spacial score (nSPS) is 17.9. The first-order valence-corrected chi connectivity index (χ1v) is 12.0. The van der Waals surface area contributed by atoms with Crippen LogP contribution in [0.3, 0.4) is 0 Å². The SMILES string of the molecule is CCCCN(C)C(=O)OCc1c(-c2ccc(O[C@H]3CCC[C@H](C(=O)O)C3)c(CC)n2)nnn1C. The van der Waals surface area contributed by atoms with Gasteiger partial charge in [-0.05, 0) is 50.7 Å². The van der Waals surface area contributed by atoms with Crippen LogP contribution in [0.2, 0.25) is 0 Å². The Balaban J connectivity index is 1.73. The molecular formula is C24H35N5O5. The maximum Gasteiger partial charge on any atom is 0.409 e. The molecule has 0 saturated heterocycles. The van der Waals surface area contributed by atoms with Gasteiger partial charge >= 0.3 is 12.1 Å². The highest BCUT2D eigenvalue weighted by Gasteiger charge is 2.29. The lowest BCUT2D eigenvalue weighted by Crippen LogP contribution is -2.29. The Morgan fingerprint density at radius 2 is 2.06 bits per heavy atom. The molecule has 1 fully saturated rings. The molecule has 0 spiro atoms. The van der Waals surface area contributed by atoms with E-state index in [1.165, 1.54) is 0 Å². The molecular weight excluding hydrogens is 438 g/mol. The number of carboxylic acid groups (broad SMARTS) is 1. The lowest BCUT2D eigenvalue weighted by molar-refractivity contribution is -0.143. The van der Waals surface area contributed by atoms with Gasteiger partial charge in [-0.25, -0.2) is 14.5 Å². The third kappa shape index (κ3) is 6.24. The largest absolute Gasteiger partial charge is 0.488 e. The summed E-state index contributed by atoms with van der Waals surface area (Å²) in [5.41, 5.74) is 2.59. The summed E-state index contributed by atoms with van der Waals surface area (Å²) in [5.74, 6) is -0.455. The summed E-state index contributed by atoms with van der Waals surface area (Å²) in [4.78, 5) is 30.0. The van der Waals surface area contributed by atoms with E-state index in [1.807, 2.05) is 19.1 Å². The monoisotopic (exact) mass is 473 g/mol. The number of nitrogens with zero attached hydrogens (tertiary/aromatic N) is 5. The molecule has 3 rings (SSSR count). The van der Waals surface area contributed by atoms with Gasteiger partial charge in [-0.15, -0.1) is 5.10 Å². The van der Waals surface area contributed by atoms with Gasteiger partial charge in [-0.1, -0.05) is 25.5 Å². The second-order valence-electron chi connectivity index (χ2n) is 8.77. The zero-order chi connectivity index (χ0) is 24.7. The maximum absolute atomic E-state index is 12.3. The van der Waals surface area contributed by atoms with Gasteiger partial charge in [0.05, 0.1) is 23.4 Å². The van der Waals surface area contributed by atoms with E-state index in [9.17, 15) is 14.7 Å². The predicted molar refractivity (Wildman–Crippen MR) is 125 cm³/mol. The lowest BCUT2D eigenvalue weighted by Gasteiger charge is -2.28. The van der Waals surface area contributed by atoms with Gasteiger partial charge < -0.3 is 19.5 Å². The summed E-state index contributed by atoms with van der Waals surface area (Å²) < 4.78 is 13.2. The molecule has 1 saturated carbocycles. The molecule has 0 bridgehead atoms. The number of aromatic nitrogens is 4. The Kier molecular flexibility index (Phi) is 8.84. The molecule has 2 aromatic heterocycles. The summed E-state index contributed by atoms with van der Waals surface area (Å²) in [6, 6.07) is 3.67. The fraction of sp³-hybridized carbons (Fsp3) is 0.625. The van der Waals surface area contributed by atoms with E-state index in [0.717, 1.165) is 31.4 Å². The van der Waals surface area contributed by atoms with E-state index in [4.69, 9.17) is 14.5 Å². The molecule has 10 nitrogen and oxygen atoms in total. The van der Waals surface area contributed by atoms with Crippen LogP contribution in [0.5, 0.6) is 5.75 Å². The van der Waals surface area contributed by atoms with Crippen LogP contribution in [-0.4, -0.2) is 61.7 Å². The molecule has 1 aliphatic carbocycles. The van der Waals surface area contributed by atoms with Gasteiger partial charge in [-0.2, -0.15) is 0 Å². The summed E-state index contributed by atoms with van der Waals surface area (Å²) in [6.45, 7) is 4.74. The van der Waals surface area contributed by atoms with Gasteiger partial charge in [0.2, 0.25) is 0 Å². The maximum atomic E-state index is 12.3. The van der Waals surface area contributed by atoms with Gasteiger partial charge in [0, 0.05) is 20.6 Å². The van der Waals surface area contributed by atoms with E-state index in [-0.39, 0.29) is 18.6 Å². The second kappa shape index (κ2) is 11.8. The first-order valence-electron chi connectivity index (χ1n) is 12.0. The molecule has 1 aliphatic rings. The molecule has 2 atom stereocenters. The van der Waals surface area contributed by atoms with Crippen LogP contribution in [0.1, 0.15) is 63.8 Å². The molecule has 1 amide bonds. The minimum atomic E-state index is -0.759. The van der Waals surface area contributed by atoms with Crippen molar-refractivity contribution in [2.75, 3.05) is 13.6 Å². The number of ether oxygens (including phenoxy) is 2. The van der Waals surface area contributed by atoms with Crippen molar-refractivity contribution in [1.29, 1.82) is 0 Å². The molecule has 34 heavy (non-hydrogen) atoms. The topological polar surface area (TPSA) is 120 Å². The zero-order valence-electron chi connectivity index (χ0n) is 20.5. The molecule has 186 valence electrons. The Hall–Kier alpha value is -3.17. The summed E-state index contributed by atoms with van der Waals surface area (Å²) in [5, 5.41) is 17.7. The molecule has 2 aromatic rings. The molecule has 0 aliphatic heterocycles. The van der Waals surface area contributed by atoms with Crippen LogP contribution in [0.15, 0.2) is 12.1 Å². The summed E-state index contributed by atoms with van der Waals surface area (Å²) in [7, 11) is 3.47. The number of hydrogen-bond donors (Lipinski definition) is 1. The minimum absolute atomic E-state index is 0.0359. The van der Waals surface area contributed by atoms with Crippen molar-refractivity contribution >= 4 is 12.1 Å². The fourth-order valence-corrected chi connectivity index (χ4v) is 4.10. The standard InChI is InChI=1S/C24H35N5O5/c1-5-7-13-28(3)24(32)33-15-20-22(26-27-29(20)4)19-11-12-21(18(6-2)25-19)34-17-10-8-9-16(14-17)23(30)31/h11-12,16-17H,5-10,13-15H2,1-4H3,(H,30,31)/t16-,17-/m0/s1. The minimum Gasteiger partial charge on any atom is -0.488 e. The molecule has 2 heterocycles. The molecule has 0 radical (unpaired) electrons. The number of amides is 1. The van der Waals surface area contributed by atoms with Crippen molar-refractivity contribution in [1.82, 2.24) is 24.9 Å². The third-order valence-electron chi connectivity index (χ3n) is 6.21. The number of pyridine rings is 1. The quantitative estimate of drug-likeness (QED) is 0.553. The highest BCUT2D eigenvalue weighted by Crippen LogP contribution is 2.31. The number of rotatable bonds is 10. The van der Waals surface area contributed by atoms with Crippen LogP contribution >= 0.6 is 0 Å². The van der Waals surface area contributed by atoms with Crippen molar-refractivity contribution in [2.45, 2.75) is 71.5 Å². The first-order chi connectivity index (χ1) is 16.3. The van der Waals surface area contributed by atoms with Gasteiger partial charge in [0.15, 0.2) is 0 Å². The lowest BCUT2D eigenvalue weighted by atomic mass is 9.87. The summed E-state index contributed by atoms with van der Waals surface area (Å²) >= 11 is 0. The van der Waals surface area contributed by atoms with E-state index < -0.39 is 12.1 Å². The van der Waals surface area contributed by atoms with Crippen LogP contribution in [0.25, 0.3) is 11.4 Å². The highest BCUT2D eigenvalue weighted by molar-refractivity contribution is 5.70. The van der Waals surface area contributed by atoms with E-state index >= 15 is 0 Å². The number of carboxylic acids is 1. The Labute approximate surface area is 200 Å². The number of aliphatic carboxylic acids is 1. The van der Waals surface area contributed by atoms with E-state index in [1.54, 1.807) is 23.7 Å². The molecule has 10 heteroatoms. The fourth-order valence-electron chi connectivity index (χ4n) is 4.10. The number of hydrogen-bond acceptors (Lipinski definition) is 7. The van der Waals surface area contributed by atoms with Crippen molar-refractivity contribution in [2.24, 2.45) is 13.0 Å².